The van der Waals surface area contributed by atoms with Gasteiger partial charge in [0.2, 0.25) is 0 Å². The van der Waals surface area contributed by atoms with Crippen LogP contribution in [0.2, 0.25) is 10.0 Å². The van der Waals surface area contributed by atoms with Crippen LogP contribution in [0.15, 0.2) is 70.6 Å². The van der Waals surface area contributed by atoms with Gasteiger partial charge in [0.25, 0.3) is 5.91 Å². The first kappa shape index (κ1) is 27.1. The van der Waals surface area contributed by atoms with Crippen LogP contribution in [0.1, 0.15) is 16.7 Å². The maximum absolute atomic E-state index is 13.2. The van der Waals surface area contributed by atoms with Gasteiger partial charge >= 0.3 is 0 Å². The highest BCUT2D eigenvalue weighted by Gasteiger charge is 2.33. The fraction of sp³-hybridized carbons (Fsp3) is 0.214. The van der Waals surface area contributed by atoms with Crippen molar-refractivity contribution in [3.8, 4) is 11.5 Å². The van der Waals surface area contributed by atoms with Gasteiger partial charge in [-0.3, -0.25) is 9.69 Å². The lowest BCUT2D eigenvalue weighted by molar-refractivity contribution is -0.122. The Hall–Kier alpha value is -2.97. The number of ether oxygens (including phenoxy) is 3. The van der Waals surface area contributed by atoms with E-state index < -0.39 is 0 Å². The van der Waals surface area contributed by atoms with E-state index in [-0.39, 0.29) is 5.91 Å². The molecule has 6 nitrogen and oxygen atoms in total. The number of nitrogens with zero attached hydrogens (tertiary/aromatic N) is 2. The average Bonchev–Trinajstić information content (AvgIpc) is 3.16. The average molecular weight is 557 g/mol. The molecule has 0 aliphatic carbocycles. The van der Waals surface area contributed by atoms with Gasteiger partial charge in [-0.2, -0.15) is 0 Å². The van der Waals surface area contributed by atoms with Crippen molar-refractivity contribution >= 4 is 57.8 Å². The van der Waals surface area contributed by atoms with Gasteiger partial charge in [0.1, 0.15) is 12.4 Å². The summed E-state index contributed by atoms with van der Waals surface area (Å²) in [6.07, 6.45) is 1.76. The van der Waals surface area contributed by atoms with Crippen LogP contribution in [-0.4, -0.2) is 43.3 Å². The van der Waals surface area contributed by atoms with Crippen LogP contribution in [0, 0.1) is 6.92 Å². The molecule has 9 heteroatoms. The van der Waals surface area contributed by atoms with Gasteiger partial charge in [0, 0.05) is 7.11 Å². The topological polar surface area (TPSA) is 60.4 Å². The maximum atomic E-state index is 13.2. The molecule has 0 saturated carbocycles. The monoisotopic (exact) mass is 556 g/mol. The maximum Gasteiger partial charge on any atom is 0.266 e. The number of amidine groups is 1. The number of carbonyl (C=O) groups excluding carboxylic acids is 1. The van der Waals surface area contributed by atoms with E-state index in [4.69, 9.17) is 37.4 Å². The number of amides is 1. The molecule has 1 fully saturated rings. The molecule has 0 radical (unpaired) electrons. The first-order valence-corrected chi connectivity index (χ1v) is 13.1. The number of carbonyl (C=O) groups is 1. The Bertz CT molecular complexity index is 1320. The third-order valence-electron chi connectivity index (χ3n) is 5.49. The highest BCUT2D eigenvalue weighted by molar-refractivity contribution is 8.18. The van der Waals surface area contributed by atoms with Gasteiger partial charge in [-0.05, 0) is 72.3 Å². The van der Waals surface area contributed by atoms with E-state index in [9.17, 15) is 4.79 Å². The molecule has 1 saturated heterocycles. The van der Waals surface area contributed by atoms with Gasteiger partial charge in [-0.25, -0.2) is 4.99 Å². The fourth-order valence-electron chi connectivity index (χ4n) is 3.65. The molecule has 0 spiro atoms. The lowest BCUT2D eigenvalue weighted by atomic mass is 10.1. The molecule has 3 aromatic rings. The van der Waals surface area contributed by atoms with Gasteiger partial charge in [-0.1, -0.05) is 53.0 Å². The third kappa shape index (κ3) is 6.87. The molecule has 0 unspecified atom stereocenters. The molecule has 1 aliphatic rings. The second-order valence-corrected chi connectivity index (χ2v) is 10.1. The number of thioether (sulfide) groups is 1. The molecule has 1 heterocycles. The Morgan fingerprint density at radius 2 is 1.76 bits per heavy atom. The summed E-state index contributed by atoms with van der Waals surface area (Å²) in [7, 11) is 3.20. The summed E-state index contributed by atoms with van der Waals surface area (Å²) in [6.45, 7) is 3.13. The minimum Gasteiger partial charge on any atom is -0.497 e. The molecule has 0 aromatic heterocycles. The lowest BCUT2D eigenvalue weighted by Crippen LogP contribution is -2.32. The second-order valence-electron chi connectivity index (χ2n) is 8.24. The highest BCUT2D eigenvalue weighted by atomic mass is 35.5. The Balaban J connectivity index is 1.57. The first-order chi connectivity index (χ1) is 17.9. The number of methoxy groups -OCH3 is 2. The Kier molecular flexibility index (Phi) is 9.16. The molecular formula is C28H26Cl2N2O4S. The van der Waals surface area contributed by atoms with Crippen LogP contribution in [0.5, 0.6) is 11.5 Å². The van der Waals surface area contributed by atoms with E-state index >= 15 is 0 Å². The van der Waals surface area contributed by atoms with Crippen LogP contribution in [0.3, 0.4) is 0 Å². The first-order valence-electron chi connectivity index (χ1n) is 11.5. The number of hydrogen-bond acceptors (Lipinski definition) is 6. The van der Waals surface area contributed by atoms with Crippen molar-refractivity contribution < 1.29 is 19.0 Å². The lowest BCUT2D eigenvalue weighted by Gasteiger charge is -2.14. The Morgan fingerprint density at radius 1 is 1.03 bits per heavy atom. The summed E-state index contributed by atoms with van der Waals surface area (Å²) in [5.74, 6) is 0.971. The van der Waals surface area contributed by atoms with Gasteiger partial charge in [-0.15, -0.1) is 0 Å². The number of rotatable bonds is 9. The normalized spacial score (nSPS) is 15.6. The van der Waals surface area contributed by atoms with Crippen LogP contribution in [0.4, 0.5) is 5.69 Å². The second kappa shape index (κ2) is 12.5. The molecule has 0 bridgehead atoms. The molecule has 1 aliphatic heterocycles. The zero-order valence-electron chi connectivity index (χ0n) is 20.7. The quantitative estimate of drug-likeness (QED) is 0.262. The van der Waals surface area contributed by atoms with Crippen molar-refractivity contribution in [2.75, 3.05) is 27.4 Å². The van der Waals surface area contributed by atoms with E-state index in [1.165, 1.54) is 11.8 Å². The molecule has 0 atom stereocenters. The molecule has 4 rings (SSSR count). The van der Waals surface area contributed by atoms with Crippen molar-refractivity contribution in [2.24, 2.45) is 4.99 Å². The predicted octanol–water partition coefficient (Wildman–Crippen LogP) is 7.14. The van der Waals surface area contributed by atoms with E-state index in [1.54, 1.807) is 37.3 Å². The smallest absolute Gasteiger partial charge is 0.266 e. The number of aliphatic imine (C=N–C) groups is 1. The van der Waals surface area contributed by atoms with Crippen molar-refractivity contribution in [1.29, 1.82) is 0 Å². The number of hydrogen-bond donors (Lipinski definition) is 0. The molecule has 37 heavy (non-hydrogen) atoms. The van der Waals surface area contributed by atoms with Gasteiger partial charge < -0.3 is 14.2 Å². The minimum atomic E-state index is -0.165. The summed E-state index contributed by atoms with van der Waals surface area (Å²) >= 11 is 14.3. The van der Waals surface area contributed by atoms with Crippen LogP contribution in [0.25, 0.3) is 6.08 Å². The SMILES string of the molecule is COCCN1C(=O)/C(=C/c2cc(Cl)c(OCc3cccc(C)c3)c(Cl)c2)SC1=Nc1ccc(OC)cc1. The van der Waals surface area contributed by atoms with Crippen molar-refractivity contribution in [1.82, 2.24) is 4.90 Å². The van der Waals surface area contributed by atoms with Gasteiger partial charge in [0.05, 0.1) is 40.9 Å². The van der Waals surface area contributed by atoms with E-state index in [0.717, 1.165) is 16.9 Å². The molecule has 1 amide bonds. The summed E-state index contributed by atoms with van der Waals surface area (Å²) in [5, 5.41) is 1.30. The van der Waals surface area contributed by atoms with Crippen LogP contribution in [-0.2, 0) is 16.1 Å². The molecule has 0 N–H and O–H groups in total. The summed E-state index contributed by atoms with van der Waals surface area (Å²) in [4.78, 5) is 20.0. The van der Waals surface area contributed by atoms with Crippen molar-refractivity contribution in [2.45, 2.75) is 13.5 Å². The zero-order chi connectivity index (χ0) is 26.4. The summed E-state index contributed by atoms with van der Waals surface area (Å²) in [6, 6.07) is 18.8. The Labute approximate surface area is 230 Å². The number of aryl methyl sites for hydroxylation is 1. The van der Waals surface area contributed by atoms with Crippen molar-refractivity contribution in [3.63, 3.8) is 0 Å². The standard InChI is InChI=1S/C28H26Cl2N2O4S/c1-18-5-4-6-19(13-18)17-36-26-23(29)14-20(15-24(26)30)16-25-27(33)32(11-12-34-2)28(37-25)31-21-7-9-22(35-3)10-8-21/h4-10,13-16H,11-12,17H2,1-3H3/b25-16-,31-28?. The fourth-order valence-corrected chi connectivity index (χ4v) is 5.29. The van der Waals surface area contributed by atoms with E-state index in [1.807, 2.05) is 55.5 Å². The molecule has 3 aromatic carbocycles. The molecular weight excluding hydrogens is 531 g/mol. The predicted molar refractivity (Wildman–Crippen MR) is 151 cm³/mol. The Morgan fingerprint density at radius 3 is 2.41 bits per heavy atom. The van der Waals surface area contributed by atoms with Gasteiger partial charge in [0.15, 0.2) is 10.9 Å². The summed E-state index contributed by atoms with van der Waals surface area (Å²) in [5.41, 5.74) is 3.56. The zero-order valence-corrected chi connectivity index (χ0v) is 23.0. The number of benzene rings is 3. The highest BCUT2D eigenvalue weighted by Crippen LogP contribution is 2.38. The van der Waals surface area contributed by atoms with E-state index in [0.29, 0.717) is 56.9 Å². The van der Waals surface area contributed by atoms with Crippen LogP contribution < -0.4 is 9.47 Å². The van der Waals surface area contributed by atoms with E-state index in [2.05, 4.69) is 4.99 Å². The molecule has 192 valence electrons. The van der Waals surface area contributed by atoms with Crippen molar-refractivity contribution in [3.05, 3.63) is 92.3 Å². The number of halogens is 2. The largest absolute Gasteiger partial charge is 0.497 e. The minimum absolute atomic E-state index is 0.165. The summed E-state index contributed by atoms with van der Waals surface area (Å²) < 4.78 is 16.3. The van der Waals surface area contributed by atoms with Crippen LogP contribution >= 0.6 is 35.0 Å². The third-order valence-corrected chi connectivity index (χ3v) is 7.06.